The van der Waals surface area contributed by atoms with E-state index < -0.39 is 0 Å². The lowest BCUT2D eigenvalue weighted by Crippen LogP contribution is -2.48. The van der Waals surface area contributed by atoms with Crippen molar-refractivity contribution in [3.05, 3.63) is 53.0 Å². The summed E-state index contributed by atoms with van der Waals surface area (Å²) in [5.74, 6) is 1.64. The second-order valence-corrected chi connectivity index (χ2v) is 7.84. The van der Waals surface area contributed by atoms with E-state index in [1.165, 1.54) is 0 Å². The van der Waals surface area contributed by atoms with Crippen LogP contribution in [0.2, 0.25) is 0 Å². The molecule has 1 fully saturated rings. The third kappa shape index (κ3) is 4.28. The fraction of sp³-hybridized carbons (Fsp3) is 0.333. The number of thiophene rings is 1. The van der Waals surface area contributed by atoms with Gasteiger partial charge in [-0.3, -0.25) is 14.8 Å². The summed E-state index contributed by atoms with van der Waals surface area (Å²) in [6, 6.07) is 11.7. The van der Waals surface area contributed by atoms with E-state index in [4.69, 9.17) is 9.47 Å². The van der Waals surface area contributed by atoms with Gasteiger partial charge in [-0.2, -0.15) is 5.10 Å². The summed E-state index contributed by atoms with van der Waals surface area (Å²) in [6.07, 6.45) is 0. The van der Waals surface area contributed by atoms with Gasteiger partial charge < -0.3 is 14.4 Å². The predicted octanol–water partition coefficient (Wildman–Crippen LogP) is 3.11. The van der Waals surface area contributed by atoms with Gasteiger partial charge in [-0.25, -0.2) is 0 Å². The van der Waals surface area contributed by atoms with Crippen molar-refractivity contribution in [3.63, 3.8) is 0 Å². The number of ether oxygens (including phenoxy) is 2. The van der Waals surface area contributed by atoms with Crippen molar-refractivity contribution >= 4 is 17.2 Å². The number of nitrogens with one attached hydrogen (secondary N) is 1. The highest BCUT2D eigenvalue weighted by atomic mass is 32.1. The molecule has 29 heavy (non-hydrogen) atoms. The normalized spacial score (nSPS) is 14.8. The second kappa shape index (κ2) is 8.67. The van der Waals surface area contributed by atoms with Crippen LogP contribution in [0.5, 0.6) is 11.5 Å². The van der Waals surface area contributed by atoms with Crippen molar-refractivity contribution in [2.45, 2.75) is 6.54 Å². The molecular weight excluding hydrogens is 388 g/mol. The average Bonchev–Trinajstić information content (AvgIpc) is 3.45. The number of aromatic nitrogens is 2. The number of carbonyl (C=O) groups excluding carboxylic acids is 1. The molecule has 1 aliphatic rings. The van der Waals surface area contributed by atoms with Crippen LogP contribution in [0.15, 0.2) is 41.8 Å². The molecule has 0 spiro atoms. The zero-order chi connectivity index (χ0) is 20.2. The molecule has 0 saturated carbocycles. The van der Waals surface area contributed by atoms with Gasteiger partial charge in [-0.05, 0) is 35.7 Å². The summed E-state index contributed by atoms with van der Waals surface area (Å²) >= 11 is 1.62. The Bertz CT molecular complexity index is 962. The first kappa shape index (κ1) is 19.5. The van der Waals surface area contributed by atoms with Crippen LogP contribution in [0.1, 0.15) is 16.1 Å². The maximum absolute atomic E-state index is 12.8. The number of piperazine rings is 1. The largest absolute Gasteiger partial charge is 0.497 e. The molecule has 1 aliphatic heterocycles. The fourth-order valence-electron chi connectivity index (χ4n) is 3.51. The molecule has 1 N–H and O–H groups in total. The van der Waals surface area contributed by atoms with Crippen molar-refractivity contribution in [3.8, 4) is 22.1 Å². The lowest BCUT2D eigenvalue weighted by Gasteiger charge is -2.34. The molecular formula is C21H24N4O3S. The van der Waals surface area contributed by atoms with Crippen LogP contribution in [0, 0.1) is 0 Å². The van der Waals surface area contributed by atoms with Crippen LogP contribution >= 0.6 is 11.3 Å². The van der Waals surface area contributed by atoms with Crippen molar-refractivity contribution in [1.29, 1.82) is 0 Å². The molecule has 3 aromatic rings. The smallest absolute Gasteiger partial charge is 0.274 e. The van der Waals surface area contributed by atoms with Gasteiger partial charge >= 0.3 is 0 Å². The van der Waals surface area contributed by atoms with Gasteiger partial charge in [-0.1, -0.05) is 6.07 Å². The minimum absolute atomic E-state index is 0.0253. The molecule has 1 aromatic carbocycles. The molecule has 7 nitrogen and oxygen atoms in total. The second-order valence-electron chi connectivity index (χ2n) is 6.89. The lowest BCUT2D eigenvalue weighted by molar-refractivity contribution is 0.0621. The van der Waals surface area contributed by atoms with Crippen LogP contribution in [-0.2, 0) is 6.54 Å². The number of carbonyl (C=O) groups is 1. The zero-order valence-electron chi connectivity index (χ0n) is 16.6. The fourth-order valence-corrected chi connectivity index (χ4v) is 4.20. The number of methoxy groups -OCH3 is 2. The third-order valence-corrected chi connectivity index (χ3v) is 6.03. The highest BCUT2D eigenvalue weighted by Crippen LogP contribution is 2.26. The Kier molecular flexibility index (Phi) is 5.82. The lowest BCUT2D eigenvalue weighted by atomic mass is 10.1. The summed E-state index contributed by atoms with van der Waals surface area (Å²) in [7, 11) is 3.34. The number of aromatic amines is 1. The first-order valence-corrected chi connectivity index (χ1v) is 10.4. The summed E-state index contributed by atoms with van der Waals surface area (Å²) in [5.41, 5.74) is 2.43. The van der Waals surface area contributed by atoms with Gasteiger partial charge in [0, 0.05) is 38.3 Å². The summed E-state index contributed by atoms with van der Waals surface area (Å²) in [5, 5.41) is 9.20. The van der Waals surface area contributed by atoms with Gasteiger partial charge in [0.15, 0.2) is 5.69 Å². The molecule has 2 aromatic heterocycles. The Balaban J connectivity index is 1.37. The van der Waals surface area contributed by atoms with E-state index >= 15 is 0 Å². The maximum atomic E-state index is 12.8. The number of rotatable bonds is 6. The number of amides is 1. The first-order valence-electron chi connectivity index (χ1n) is 9.49. The van der Waals surface area contributed by atoms with E-state index in [1.807, 2.05) is 46.7 Å². The minimum atomic E-state index is -0.0253. The minimum Gasteiger partial charge on any atom is -0.497 e. The SMILES string of the molecule is COc1ccc(OC)c(CN2CCN(C(=O)c3cc(-c4cccs4)[nH]n3)CC2)c1. The summed E-state index contributed by atoms with van der Waals surface area (Å²) in [4.78, 5) is 18.1. The molecule has 0 bridgehead atoms. The van der Waals surface area contributed by atoms with E-state index in [0.29, 0.717) is 18.8 Å². The molecule has 4 rings (SSSR count). The van der Waals surface area contributed by atoms with Crippen molar-refractivity contribution in [1.82, 2.24) is 20.0 Å². The van der Waals surface area contributed by atoms with E-state index in [-0.39, 0.29) is 5.91 Å². The number of hydrogen-bond acceptors (Lipinski definition) is 6. The Hall–Kier alpha value is -2.84. The maximum Gasteiger partial charge on any atom is 0.274 e. The number of nitrogens with zero attached hydrogens (tertiary/aromatic N) is 3. The monoisotopic (exact) mass is 412 g/mol. The summed E-state index contributed by atoms with van der Waals surface area (Å²) < 4.78 is 10.8. The van der Waals surface area contributed by atoms with Gasteiger partial charge in [-0.15, -0.1) is 11.3 Å². The van der Waals surface area contributed by atoms with E-state index in [0.717, 1.165) is 47.3 Å². The summed E-state index contributed by atoms with van der Waals surface area (Å²) in [6.45, 7) is 3.70. The van der Waals surface area contributed by atoms with Gasteiger partial charge in [0.1, 0.15) is 11.5 Å². The van der Waals surface area contributed by atoms with Crippen LogP contribution < -0.4 is 9.47 Å². The van der Waals surface area contributed by atoms with E-state index in [1.54, 1.807) is 25.6 Å². The molecule has 1 amide bonds. The van der Waals surface area contributed by atoms with Crippen LogP contribution in [0.4, 0.5) is 0 Å². The Morgan fingerprint density at radius 2 is 1.97 bits per heavy atom. The van der Waals surface area contributed by atoms with Crippen LogP contribution in [-0.4, -0.2) is 66.3 Å². The average molecular weight is 413 g/mol. The highest BCUT2D eigenvalue weighted by Gasteiger charge is 2.24. The molecule has 1 saturated heterocycles. The van der Waals surface area contributed by atoms with Gasteiger partial charge in [0.2, 0.25) is 0 Å². The van der Waals surface area contributed by atoms with Crippen molar-refractivity contribution in [2.24, 2.45) is 0 Å². The molecule has 152 valence electrons. The number of benzene rings is 1. The molecule has 0 unspecified atom stereocenters. The van der Waals surface area contributed by atoms with Crippen molar-refractivity contribution in [2.75, 3.05) is 40.4 Å². The highest BCUT2D eigenvalue weighted by molar-refractivity contribution is 7.13. The van der Waals surface area contributed by atoms with Gasteiger partial charge in [0.05, 0.1) is 24.8 Å². The molecule has 0 radical (unpaired) electrons. The molecule has 8 heteroatoms. The van der Waals surface area contributed by atoms with E-state index in [2.05, 4.69) is 15.1 Å². The Morgan fingerprint density at radius 3 is 2.66 bits per heavy atom. The predicted molar refractivity (Wildman–Crippen MR) is 113 cm³/mol. The Labute approximate surface area is 173 Å². The molecule has 0 atom stereocenters. The third-order valence-electron chi connectivity index (χ3n) is 5.12. The number of H-pyrrole nitrogens is 1. The van der Waals surface area contributed by atoms with Crippen LogP contribution in [0.25, 0.3) is 10.6 Å². The number of hydrogen-bond donors (Lipinski definition) is 1. The molecule has 3 heterocycles. The van der Waals surface area contributed by atoms with Crippen molar-refractivity contribution < 1.29 is 14.3 Å². The van der Waals surface area contributed by atoms with Gasteiger partial charge in [0.25, 0.3) is 5.91 Å². The van der Waals surface area contributed by atoms with Crippen LogP contribution in [0.3, 0.4) is 0 Å². The van der Waals surface area contributed by atoms with E-state index in [9.17, 15) is 4.79 Å². The zero-order valence-corrected chi connectivity index (χ0v) is 17.4. The molecule has 0 aliphatic carbocycles. The first-order chi connectivity index (χ1) is 14.2. The quantitative estimate of drug-likeness (QED) is 0.674. The standard InChI is InChI=1S/C21H24N4O3S/c1-27-16-5-6-19(28-2)15(12-16)14-24-7-9-25(10-8-24)21(26)18-13-17(22-23-18)20-4-3-11-29-20/h3-6,11-13H,7-10,14H2,1-2H3,(H,22,23). The Morgan fingerprint density at radius 1 is 1.14 bits per heavy atom. The topological polar surface area (TPSA) is 70.7 Å².